The van der Waals surface area contributed by atoms with Crippen LogP contribution in [0.4, 0.5) is 4.39 Å². The molecule has 28 heavy (non-hydrogen) atoms. The summed E-state index contributed by atoms with van der Waals surface area (Å²) in [6.07, 6.45) is 0. The van der Waals surface area contributed by atoms with E-state index in [2.05, 4.69) is 5.32 Å². The summed E-state index contributed by atoms with van der Waals surface area (Å²) in [5.74, 6) is -1.33. The highest BCUT2D eigenvalue weighted by atomic mass is 19.1. The number of halogens is 1. The van der Waals surface area contributed by atoms with Gasteiger partial charge in [-0.1, -0.05) is 24.3 Å². The predicted molar refractivity (Wildman–Crippen MR) is 100 cm³/mol. The minimum atomic E-state index is -1.35. The van der Waals surface area contributed by atoms with Crippen LogP contribution in [0.25, 0.3) is 0 Å². The number of nitrogens with one attached hydrogen (secondary N) is 1. The van der Waals surface area contributed by atoms with Crippen LogP contribution in [0.3, 0.4) is 0 Å². The molecule has 0 spiro atoms. The molecule has 0 saturated carbocycles. The van der Waals surface area contributed by atoms with E-state index in [-0.39, 0.29) is 11.7 Å². The van der Waals surface area contributed by atoms with E-state index in [4.69, 9.17) is 9.47 Å². The fourth-order valence-electron chi connectivity index (χ4n) is 2.26. The molecule has 0 aliphatic rings. The van der Waals surface area contributed by atoms with Crippen LogP contribution in [0.15, 0.2) is 48.5 Å². The van der Waals surface area contributed by atoms with E-state index in [0.717, 1.165) is 5.56 Å². The molecular formula is C21H22FNO5. The number of amides is 1. The van der Waals surface area contributed by atoms with E-state index in [1.165, 1.54) is 45.0 Å². The third-order valence-corrected chi connectivity index (χ3v) is 3.83. The first kappa shape index (κ1) is 21.1. The van der Waals surface area contributed by atoms with Gasteiger partial charge >= 0.3 is 5.97 Å². The highest BCUT2D eigenvalue weighted by Crippen LogP contribution is 2.20. The van der Waals surface area contributed by atoms with Crippen molar-refractivity contribution in [1.29, 1.82) is 0 Å². The van der Waals surface area contributed by atoms with Gasteiger partial charge in [0.15, 0.2) is 18.0 Å². The molecule has 0 bridgehead atoms. The summed E-state index contributed by atoms with van der Waals surface area (Å²) in [6, 6.07) is 11.9. The maximum atomic E-state index is 12.9. The van der Waals surface area contributed by atoms with E-state index in [1.54, 1.807) is 24.3 Å². The van der Waals surface area contributed by atoms with Gasteiger partial charge in [-0.3, -0.25) is 9.59 Å². The molecule has 148 valence electrons. The maximum absolute atomic E-state index is 12.9. The topological polar surface area (TPSA) is 81.7 Å². The molecule has 0 aliphatic heterocycles. The average molecular weight is 387 g/mol. The lowest BCUT2D eigenvalue weighted by Gasteiger charge is -2.24. The molecule has 0 aliphatic carbocycles. The predicted octanol–water partition coefficient (Wildman–Crippen LogP) is 3.05. The quantitative estimate of drug-likeness (QED) is 0.556. The highest BCUT2D eigenvalue weighted by Gasteiger charge is 2.32. The molecule has 0 radical (unpaired) electrons. The van der Waals surface area contributed by atoms with Gasteiger partial charge in [0, 0.05) is 19.0 Å². The number of hydrogen-bond acceptors (Lipinski definition) is 5. The first-order valence-corrected chi connectivity index (χ1v) is 8.66. The number of carbonyl (C=O) groups is 3. The first-order chi connectivity index (χ1) is 13.2. The van der Waals surface area contributed by atoms with Crippen molar-refractivity contribution in [2.24, 2.45) is 0 Å². The third-order valence-electron chi connectivity index (χ3n) is 3.83. The molecule has 0 heterocycles. The Balaban J connectivity index is 1.89. The van der Waals surface area contributed by atoms with Crippen LogP contribution in [0.5, 0.6) is 5.75 Å². The molecule has 1 N–H and O–H groups in total. The Morgan fingerprint density at radius 1 is 1.00 bits per heavy atom. The molecule has 0 fully saturated rings. The Morgan fingerprint density at radius 2 is 1.61 bits per heavy atom. The van der Waals surface area contributed by atoms with Gasteiger partial charge in [-0.25, -0.2) is 9.18 Å². The summed E-state index contributed by atoms with van der Waals surface area (Å²) in [5, 5.41) is 2.66. The van der Waals surface area contributed by atoms with Gasteiger partial charge < -0.3 is 14.8 Å². The molecule has 2 rings (SSSR count). The summed E-state index contributed by atoms with van der Waals surface area (Å²) in [4.78, 5) is 35.4. The van der Waals surface area contributed by atoms with Crippen LogP contribution in [0.1, 0.15) is 36.7 Å². The van der Waals surface area contributed by atoms with Crippen LogP contribution >= 0.6 is 0 Å². The summed E-state index contributed by atoms with van der Waals surface area (Å²) in [7, 11) is 0. The lowest BCUT2D eigenvalue weighted by Crippen LogP contribution is -2.40. The van der Waals surface area contributed by atoms with Crippen LogP contribution < -0.4 is 10.1 Å². The zero-order valence-electron chi connectivity index (χ0n) is 16.0. The van der Waals surface area contributed by atoms with E-state index in [0.29, 0.717) is 17.9 Å². The Morgan fingerprint density at radius 3 is 2.18 bits per heavy atom. The summed E-state index contributed by atoms with van der Waals surface area (Å²) in [5.41, 5.74) is -0.116. The largest absolute Gasteiger partial charge is 0.476 e. The molecule has 0 aromatic heterocycles. The Labute approximate surface area is 162 Å². The second kappa shape index (κ2) is 9.12. The van der Waals surface area contributed by atoms with Crippen LogP contribution in [0.2, 0.25) is 0 Å². The summed E-state index contributed by atoms with van der Waals surface area (Å²) in [6.45, 7) is 4.36. The van der Waals surface area contributed by atoms with Crippen molar-refractivity contribution in [2.75, 3.05) is 6.61 Å². The minimum absolute atomic E-state index is 0.141. The Bertz CT molecular complexity index is 844. The van der Waals surface area contributed by atoms with Gasteiger partial charge in [-0.05, 0) is 43.7 Å². The number of esters is 1. The number of benzene rings is 2. The van der Waals surface area contributed by atoms with Crippen LogP contribution in [0, 0.1) is 5.82 Å². The van der Waals surface area contributed by atoms with Crippen LogP contribution in [-0.2, 0) is 20.9 Å². The first-order valence-electron chi connectivity index (χ1n) is 8.66. The fraction of sp³-hybridized carbons (Fsp3) is 0.286. The number of ketones is 1. The minimum Gasteiger partial charge on any atom is -0.476 e. The second-order valence-electron chi connectivity index (χ2n) is 6.67. The Hall–Kier alpha value is -3.22. The lowest BCUT2D eigenvalue weighted by molar-refractivity contribution is -0.158. The molecule has 7 heteroatoms. The van der Waals surface area contributed by atoms with Gasteiger partial charge in [-0.15, -0.1) is 0 Å². The van der Waals surface area contributed by atoms with Gasteiger partial charge in [0.2, 0.25) is 5.91 Å². The number of rotatable bonds is 8. The summed E-state index contributed by atoms with van der Waals surface area (Å²) >= 11 is 0. The molecular weight excluding hydrogens is 365 g/mol. The van der Waals surface area contributed by atoms with Crippen molar-refractivity contribution in [3.63, 3.8) is 0 Å². The van der Waals surface area contributed by atoms with E-state index in [1.807, 2.05) is 0 Å². The molecule has 6 nitrogen and oxygen atoms in total. The smallest absolute Gasteiger partial charge is 0.350 e. The normalized spacial score (nSPS) is 10.9. The molecule has 0 unspecified atom stereocenters. The SMILES string of the molecule is CC(=O)NCc1ccc(C(=O)COC(=O)C(C)(C)Oc2ccc(F)cc2)cc1. The third kappa shape index (κ3) is 6.19. The van der Waals surface area contributed by atoms with E-state index < -0.39 is 24.0 Å². The molecule has 2 aromatic carbocycles. The molecule has 2 aromatic rings. The van der Waals surface area contributed by atoms with Crippen molar-refractivity contribution < 1.29 is 28.2 Å². The van der Waals surface area contributed by atoms with E-state index in [9.17, 15) is 18.8 Å². The standard InChI is InChI=1S/C21H22FNO5/c1-14(24)23-12-15-4-6-16(7-5-15)19(25)13-27-20(26)21(2,3)28-18-10-8-17(22)9-11-18/h4-11H,12-13H2,1-3H3,(H,23,24). The van der Waals surface area contributed by atoms with Crippen molar-refractivity contribution in [3.05, 3.63) is 65.5 Å². The number of carbonyl (C=O) groups excluding carboxylic acids is 3. The van der Waals surface area contributed by atoms with Crippen molar-refractivity contribution >= 4 is 17.7 Å². The highest BCUT2D eigenvalue weighted by molar-refractivity contribution is 5.98. The van der Waals surface area contributed by atoms with E-state index >= 15 is 0 Å². The summed E-state index contributed by atoms with van der Waals surface area (Å²) < 4.78 is 23.6. The van der Waals surface area contributed by atoms with Gasteiger partial charge in [0.25, 0.3) is 0 Å². The zero-order chi connectivity index (χ0) is 20.7. The molecule has 0 saturated heterocycles. The fourth-order valence-corrected chi connectivity index (χ4v) is 2.26. The maximum Gasteiger partial charge on any atom is 0.350 e. The second-order valence-corrected chi connectivity index (χ2v) is 6.67. The Kier molecular flexibility index (Phi) is 6.87. The van der Waals surface area contributed by atoms with Gasteiger partial charge in [0.1, 0.15) is 11.6 Å². The van der Waals surface area contributed by atoms with Gasteiger partial charge in [-0.2, -0.15) is 0 Å². The zero-order valence-corrected chi connectivity index (χ0v) is 16.0. The van der Waals surface area contributed by atoms with Crippen LogP contribution in [-0.4, -0.2) is 29.9 Å². The van der Waals surface area contributed by atoms with Crippen molar-refractivity contribution in [3.8, 4) is 5.75 Å². The number of Topliss-reactive ketones (excluding diaryl/α,β-unsaturated/α-hetero) is 1. The average Bonchev–Trinajstić information content (AvgIpc) is 2.66. The monoisotopic (exact) mass is 387 g/mol. The lowest BCUT2D eigenvalue weighted by atomic mass is 10.1. The van der Waals surface area contributed by atoms with Crippen molar-refractivity contribution in [2.45, 2.75) is 32.9 Å². The van der Waals surface area contributed by atoms with Crippen molar-refractivity contribution in [1.82, 2.24) is 5.32 Å². The molecule has 0 atom stereocenters. The number of hydrogen-bond donors (Lipinski definition) is 1. The molecule has 1 amide bonds. The van der Waals surface area contributed by atoms with Gasteiger partial charge in [0.05, 0.1) is 0 Å². The number of ether oxygens (including phenoxy) is 2.